The SMILES string of the molecule is O=C(CCCl)OCOc1ccc(C(=O)Oc2ccc(O)cc2)cc1. The normalized spacial score (nSPS) is 10.0. The van der Waals surface area contributed by atoms with Crippen molar-refractivity contribution in [2.45, 2.75) is 6.42 Å². The number of carbonyl (C=O) groups excluding carboxylic acids is 2. The second-order valence-electron chi connectivity index (χ2n) is 4.63. The first-order valence-corrected chi connectivity index (χ1v) is 7.57. The third-order valence-corrected chi connectivity index (χ3v) is 3.07. The molecule has 0 heterocycles. The van der Waals surface area contributed by atoms with Crippen LogP contribution in [0.25, 0.3) is 0 Å². The fraction of sp³-hybridized carbons (Fsp3) is 0.176. The Morgan fingerprint density at radius 2 is 1.58 bits per heavy atom. The lowest BCUT2D eigenvalue weighted by Crippen LogP contribution is -2.11. The largest absolute Gasteiger partial charge is 0.508 e. The zero-order chi connectivity index (χ0) is 17.4. The van der Waals surface area contributed by atoms with E-state index in [1.807, 2.05) is 0 Å². The van der Waals surface area contributed by atoms with E-state index in [0.29, 0.717) is 17.1 Å². The zero-order valence-corrected chi connectivity index (χ0v) is 13.4. The van der Waals surface area contributed by atoms with Crippen LogP contribution in [-0.2, 0) is 9.53 Å². The highest BCUT2D eigenvalue weighted by Crippen LogP contribution is 2.18. The molecule has 0 atom stereocenters. The smallest absolute Gasteiger partial charge is 0.343 e. The monoisotopic (exact) mass is 350 g/mol. The van der Waals surface area contributed by atoms with Gasteiger partial charge in [0, 0.05) is 5.88 Å². The van der Waals surface area contributed by atoms with Gasteiger partial charge in [-0.2, -0.15) is 0 Å². The molecule has 24 heavy (non-hydrogen) atoms. The molecular weight excluding hydrogens is 336 g/mol. The lowest BCUT2D eigenvalue weighted by molar-refractivity contribution is -0.149. The molecule has 6 nitrogen and oxygen atoms in total. The number of aromatic hydroxyl groups is 1. The van der Waals surface area contributed by atoms with E-state index in [1.54, 1.807) is 12.1 Å². The van der Waals surface area contributed by atoms with Gasteiger partial charge in [0.15, 0.2) is 0 Å². The molecule has 0 radical (unpaired) electrons. The second-order valence-corrected chi connectivity index (χ2v) is 5.00. The van der Waals surface area contributed by atoms with Gasteiger partial charge in [-0.25, -0.2) is 4.79 Å². The van der Waals surface area contributed by atoms with E-state index < -0.39 is 11.9 Å². The van der Waals surface area contributed by atoms with Crippen LogP contribution in [0.2, 0.25) is 0 Å². The van der Waals surface area contributed by atoms with Crippen LogP contribution in [0.1, 0.15) is 16.8 Å². The molecule has 0 aliphatic heterocycles. The minimum atomic E-state index is -0.541. The highest BCUT2D eigenvalue weighted by atomic mass is 35.5. The number of rotatable bonds is 7. The lowest BCUT2D eigenvalue weighted by Gasteiger charge is -2.08. The minimum absolute atomic E-state index is 0.0862. The summed E-state index contributed by atoms with van der Waals surface area (Å²) in [5.74, 6) is 0.0542. The van der Waals surface area contributed by atoms with Crippen molar-refractivity contribution >= 4 is 23.5 Å². The third-order valence-electron chi connectivity index (χ3n) is 2.88. The molecule has 0 aromatic heterocycles. The van der Waals surface area contributed by atoms with Crippen LogP contribution < -0.4 is 9.47 Å². The fourth-order valence-corrected chi connectivity index (χ4v) is 1.83. The van der Waals surface area contributed by atoms with E-state index in [2.05, 4.69) is 0 Å². The fourth-order valence-electron chi connectivity index (χ4n) is 1.68. The number of halogens is 1. The van der Waals surface area contributed by atoms with Gasteiger partial charge in [-0.15, -0.1) is 11.6 Å². The Hall–Kier alpha value is -2.73. The molecule has 7 heteroatoms. The summed E-state index contributed by atoms with van der Waals surface area (Å²) in [5.41, 5.74) is 0.328. The van der Waals surface area contributed by atoms with Gasteiger partial charge in [-0.05, 0) is 48.5 Å². The maximum Gasteiger partial charge on any atom is 0.343 e. The van der Waals surface area contributed by atoms with Crippen molar-refractivity contribution in [3.63, 3.8) is 0 Å². The number of hydrogen-bond donors (Lipinski definition) is 1. The average Bonchev–Trinajstić information content (AvgIpc) is 2.58. The number of hydrogen-bond acceptors (Lipinski definition) is 6. The average molecular weight is 351 g/mol. The van der Waals surface area contributed by atoms with Crippen molar-refractivity contribution in [3.8, 4) is 17.2 Å². The summed E-state index contributed by atoms with van der Waals surface area (Å²) in [5, 5.41) is 9.18. The predicted octanol–water partition coefficient (Wildman–Crippen LogP) is 3.12. The molecule has 0 amide bonds. The Morgan fingerprint density at radius 3 is 2.21 bits per heavy atom. The number of phenolic OH excluding ortho intramolecular Hbond substituents is 1. The topological polar surface area (TPSA) is 82.1 Å². The summed E-state index contributed by atoms with van der Waals surface area (Å²) >= 11 is 5.41. The Balaban J connectivity index is 1.85. The van der Waals surface area contributed by atoms with Crippen LogP contribution in [0.15, 0.2) is 48.5 Å². The van der Waals surface area contributed by atoms with Gasteiger partial charge < -0.3 is 19.3 Å². The Labute approximate surface area is 143 Å². The van der Waals surface area contributed by atoms with Crippen LogP contribution in [-0.4, -0.2) is 29.7 Å². The lowest BCUT2D eigenvalue weighted by atomic mass is 10.2. The van der Waals surface area contributed by atoms with E-state index in [4.69, 9.17) is 25.8 Å². The van der Waals surface area contributed by atoms with Crippen LogP contribution in [0.3, 0.4) is 0 Å². The van der Waals surface area contributed by atoms with Crippen LogP contribution >= 0.6 is 11.6 Å². The van der Waals surface area contributed by atoms with Crippen molar-refractivity contribution in [3.05, 3.63) is 54.1 Å². The highest BCUT2D eigenvalue weighted by Gasteiger charge is 2.09. The van der Waals surface area contributed by atoms with Crippen LogP contribution in [0.5, 0.6) is 17.2 Å². The van der Waals surface area contributed by atoms with Gasteiger partial charge >= 0.3 is 11.9 Å². The standard InChI is InChI=1S/C17H15ClO6/c18-10-9-16(20)23-11-22-14-5-1-12(2-6-14)17(21)24-15-7-3-13(19)4-8-15/h1-8,19H,9-11H2. The van der Waals surface area contributed by atoms with Crippen LogP contribution in [0, 0.1) is 0 Å². The van der Waals surface area contributed by atoms with E-state index >= 15 is 0 Å². The summed E-state index contributed by atoms with van der Waals surface area (Å²) in [6.45, 7) is -0.229. The summed E-state index contributed by atoms with van der Waals surface area (Å²) in [6, 6.07) is 12.0. The summed E-state index contributed by atoms with van der Waals surface area (Å²) in [4.78, 5) is 23.1. The molecule has 126 valence electrons. The molecule has 0 aliphatic carbocycles. The molecule has 0 aliphatic rings. The van der Waals surface area contributed by atoms with Gasteiger partial charge in [0.1, 0.15) is 17.2 Å². The number of alkyl halides is 1. The van der Waals surface area contributed by atoms with Gasteiger partial charge in [0.25, 0.3) is 0 Å². The molecule has 2 rings (SSSR count). The summed E-state index contributed by atoms with van der Waals surface area (Å²) in [7, 11) is 0. The summed E-state index contributed by atoms with van der Waals surface area (Å²) in [6.07, 6.45) is 0.118. The van der Waals surface area contributed by atoms with Gasteiger partial charge in [-0.3, -0.25) is 4.79 Å². The molecule has 0 bridgehead atoms. The highest BCUT2D eigenvalue weighted by molar-refractivity contribution is 6.18. The molecule has 0 unspecified atom stereocenters. The zero-order valence-electron chi connectivity index (χ0n) is 12.6. The quantitative estimate of drug-likeness (QED) is 0.357. The first kappa shape index (κ1) is 17.6. The first-order valence-electron chi connectivity index (χ1n) is 7.04. The van der Waals surface area contributed by atoms with E-state index in [1.165, 1.54) is 36.4 Å². The number of carbonyl (C=O) groups is 2. The van der Waals surface area contributed by atoms with Crippen molar-refractivity contribution in [1.82, 2.24) is 0 Å². The molecular formula is C17H15ClO6. The Kier molecular flexibility index (Phi) is 6.45. The predicted molar refractivity (Wildman–Crippen MR) is 86.4 cm³/mol. The van der Waals surface area contributed by atoms with Crippen molar-refractivity contribution in [2.24, 2.45) is 0 Å². The van der Waals surface area contributed by atoms with Crippen molar-refractivity contribution in [1.29, 1.82) is 0 Å². The molecule has 0 spiro atoms. The molecule has 0 saturated carbocycles. The van der Waals surface area contributed by atoms with E-state index in [0.717, 1.165) is 0 Å². The van der Waals surface area contributed by atoms with Crippen LogP contribution in [0.4, 0.5) is 0 Å². The second kappa shape index (κ2) is 8.79. The van der Waals surface area contributed by atoms with E-state index in [-0.39, 0.29) is 24.8 Å². The van der Waals surface area contributed by atoms with Gasteiger partial charge in [-0.1, -0.05) is 0 Å². The van der Waals surface area contributed by atoms with Gasteiger partial charge in [0.05, 0.1) is 12.0 Å². The third kappa shape index (κ3) is 5.48. The molecule has 0 fully saturated rings. The minimum Gasteiger partial charge on any atom is -0.508 e. The number of ether oxygens (including phenoxy) is 3. The number of esters is 2. The van der Waals surface area contributed by atoms with Crippen molar-refractivity contribution < 1.29 is 28.9 Å². The Morgan fingerprint density at radius 1 is 0.958 bits per heavy atom. The Bertz CT molecular complexity index is 681. The number of phenols is 1. The first-order chi connectivity index (χ1) is 11.6. The number of benzene rings is 2. The molecule has 2 aromatic carbocycles. The molecule has 1 N–H and O–H groups in total. The van der Waals surface area contributed by atoms with Crippen molar-refractivity contribution in [2.75, 3.05) is 12.7 Å². The maximum absolute atomic E-state index is 12.0. The maximum atomic E-state index is 12.0. The van der Waals surface area contributed by atoms with Gasteiger partial charge in [0.2, 0.25) is 6.79 Å². The summed E-state index contributed by atoms with van der Waals surface area (Å²) < 4.78 is 15.2. The van der Waals surface area contributed by atoms with E-state index in [9.17, 15) is 14.7 Å². The molecule has 2 aromatic rings. The molecule has 0 saturated heterocycles.